The van der Waals surface area contributed by atoms with Gasteiger partial charge in [-0.2, -0.15) is 0 Å². The summed E-state index contributed by atoms with van der Waals surface area (Å²) in [7, 11) is 1.80. The molecular formula is C9H17NO2. The quantitative estimate of drug-likeness (QED) is 0.624. The van der Waals surface area contributed by atoms with E-state index in [4.69, 9.17) is 9.47 Å². The fraction of sp³-hybridized carbons (Fsp3) is 1.00. The molecule has 3 nitrogen and oxygen atoms in total. The maximum Gasteiger partial charge on any atom is 0.0730 e. The van der Waals surface area contributed by atoms with E-state index in [2.05, 4.69) is 5.32 Å². The molecule has 0 bridgehead atoms. The van der Waals surface area contributed by atoms with E-state index in [0.29, 0.717) is 18.2 Å². The molecule has 0 aromatic heterocycles. The molecule has 70 valence electrons. The second-order valence-corrected chi connectivity index (χ2v) is 3.64. The predicted octanol–water partition coefficient (Wildman–Crippen LogP) is 0.542. The normalized spacial score (nSPS) is 42.2. The van der Waals surface area contributed by atoms with Crippen molar-refractivity contribution in [2.24, 2.45) is 0 Å². The summed E-state index contributed by atoms with van der Waals surface area (Å²) < 4.78 is 11.0. The molecular weight excluding hydrogens is 154 g/mol. The zero-order valence-electron chi connectivity index (χ0n) is 7.58. The lowest BCUT2D eigenvalue weighted by atomic mass is 9.89. The third-order valence-electron chi connectivity index (χ3n) is 2.91. The van der Waals surface area contributed by atoms with Crippen LogP contribution in [0.1, 0.15) is 19.3 Å². The van der Waals surface area contributed by atoms with Crippen LogP contribution in [0.2, 0.25) is 0 Å². The Bertz CT molecular complexity index is 151. The van der Waals surface area contributed by atoms with Gasteiger partial charge in [-0.25, -0.2) is 0 Å². The largest absolute Gasteiger partial charge is 0.381 e. The maximum absolute atomic E-state index is 5.66. The lowest BCUT2D eigenvalue weighted by Gasteiger charge is -2.39. The highest BCUT2D eigenvalue weighted by Crippen LogP contribution is 2.25. The van der Waals surface area contributed by atoms with Crippen molar-refractivity contribution in [1.29, 1.82) is 0 Å². The van der Waals surface area contributed by atoms with Gasteiger partial charge in [-0.15, -0.1) is 0 Å². The first-order chi connectivity index (χ1) is 5.90. The van der Waals surface area contributed by atoms with Crippen molar-refractivity contribution >= 4 is 0 Å². The smallest absolute Gasteiger partial charge is 0.0730 e. The number of rotatable bonds is 1. The molecule has 0 amide bonds. The number of methoxy groups -OCH3 is 1. The van der Waals surface area contributed by atoms with Crippen LogP contribution in [0.3, 0.4) is 0 Å². The molecule has 0 spiro atoms. The van der Waals surface area contributed by atoms with Crippen LogP contribution in [0.5, 0.6) is 0 Å². The van der Waals surface area contributed by atoms with Crippen LogP contribution in [0.25, 0.3) is 0 Å². The molecule has 3 heteroatoms. The van der Waals surface area contributed by atoms with Gasteiger partial charge in [-0.3, -0.25) is 0 Å². The van der Waals surface area contributed by atoms with Crippen LogP contribution in [-0.4, -0.2) is 38.5 Å². The molecule has 0 radical (unpaired) electrons. The Labute approximate surface area is 73.4 Å². The van der Waals surface area contributed by atoms with Crippen molar-refractivity contribution in [1.82, 2.24) is 5.32 Å². The van der Waals surface area contributed by atoms with E-state index in [0.717, 1.165) is 32.4 Å². The minimum Gasteiger partial charge on any atom is -0.381 e. The molecule has 0 unspecified atom stereocenters. The number of fused-ring (bicyclic) bond motifs is 1. The third-order valence-corrected chi connectivity index (χ3v) is 2.91. The topological polar surface area (TPSA) is 30.5 Å². The van der Waals surface area contributed by atoms with E-state index in [1.807, 2.05) is 0 Å². The minimum absolute atomic E-state index is 0.445. The van der Waals surface area contributed by atoms with Crippen LogP contribution in [0, 0.1) is 0 Å². The average Bonchev–Trinajstić information content (AvgIpc) is 2.17. The van der Waals surface area contributed by atoms with Gasteiger partial charge in [0.25, 0.3) is 0 Å². The summed E-state index contributed by atoms with van der Waals surface area (Å²) in [5, 5.41) is 3.48. The Hall–Kier alpha value is -0.120. The maximum atomic E-state index is 5.66. The third kappa shape index (κ3) is 1.63. The van der Waals surface area contributed by atoms with Crippen LogP contribution in [0.15, 0.2) is 0 Å². The van der Waals surface area contributed by atoms with Gasteiger partial charge in [0.1, 0.15) is 0 Å². The minimum atomic E-state index is 0.445. The highest BCUT2D eigenvalue weighted by Gasteiger charge is 2.32. The van der Waals surface area contributed by atoms with E-state index in [1.165, 1.54) is 0 Å². The van der Waals surface area contributed by atoms with Crippen molar-refractivity contribution < 1.29 is 9.47 Å². The first-order valence-corrected chi connectivity index (χ1v) is 4.78. The Balaban J connectivity index is 1.90. The first-order valence-electron chi connectivity index (χ1n) is 4.78. The fourth-order valence-electron chi connectivity index (χ4n) is 2.19. The van der Waals surface area contributed by atoms with E-state index >= 15 is 0 Å². The molecule has 1 saturated carbocycles. The summed E-state index contributed by atoms with van der Waals surface area (Å²) in [4.78, 5) is 0. The zero-order valence-corrected chi connectivity index (χ0v) is 7.58. The molecule has 1 saturated heterocycles. The predicted molar refractivity (Wildman–Crippen MR) is 46.2 cm³/mol. The van der Waals surface area contributed by atoms with Gasteiger partial charge in [0.15, 0.2) is 0 Å². The van der Waals surface area contributed by atoms with E-state index in [9.17, 15) is 0 Å². The van der Waals surface area contributed by atoms with E-state index in [-0.39, 0.29) is 0 Å². The molecule has 2 rings (SSSR count). The fourth-order valence-corrected chi connectivity index (χ4v) is 2.19. The highest BCUT2D eigenvalue weighted by atomic mass is 16.5. The summed E-state index contributed by atoms with van der Waals surface area (Å²) in [6.07, 6.45) is 4.31. The molecule has 2 fully saturated rings. The number of hydrogen-bond acceptors (Lipinski definition) is 3. The van der Waals surface area contributed by atoms with Crippen molar-refractivity contribution in [3.05, 3.63) is 0 Å². The molecule has 1 aliphatic carbocycles. The van der Waals surface area contributed by atoms with Crippen LogP contribution < -0.4 is 5.32 Å². The summed E-state index contributed by atoms with van der Waals surface area (Å²) in [5.74, 6) is 0. The molecule has 2 aliphatic rings. The SMILES string of the molecule is CO[C@@H]1CC[C@@H]2OCCN[C@@H]2C1. The Kier molecular flexibility index (Phi) is 2.63. The highest BCUT2D eigenvalue weighted by molar-refractivity contribution is 4.88. The molecule has 1 N–H and O–H groups in total. The molecule has 12 heavy (non-hydrogen) atoms. The van der Waals surface area contributed by atoms with Gasteiger partial charge >= 0.3 is 0 Å². The van der Waals surface area contributed by atoms with Gasteiger partial charge in [0, 0.05) is 19.7 Å². The van der Waals surface area contributed by atoms with Crippen molar-refractivity contribution in [3.8, 4) is 0 Å². The van der Waals surface area contributed by atoms with E-state index < -0.39 is 0 Å². The lowest BCUT2D eigenvalue weighted by Crippen LogP contribution is -2.52. The Morgan fingerprint density at radius 2 is 2.33 bits per heavy atom. The van der Waals surface area contributed by atoms with E-state index in [1.54, 1.807) is 7.11 Å². The second-order valence-electron chi connectivity index (χ2n) is 3.64. The standard InChI is InChI=1S/C9H17NO2/c1-11-7-2-3-9-8(6-7)10-4-5-12-9/h7-10H,2-6H2,1H3/t7-,8-,9+/m1/s1. The summed E-state index contributed by atoms with van der Waals surface area (Å²) in [6, 6.07) is 0.539. The summed E-state index contributed by atoms with van der Waals surface area (Å²) in [6.45, 7) is 1.87. The number of hydrogen-bond donors (Lipinski definition) is 1. The Morgan fingerprint density at radius 1 is 1.42 bits per heavy atom. The second kappa shape index (κ2) is 3.73. The van der Waals surface area contributed by atoms with Crippen LogP contribution in [-0.2, 0) is 9.47 Å². The lowest BCUT2D eigenvalue weighted by molar-refractivity contribution is -0.0593. The number of morpholine rings is 1. The van der Waals surface area contributed by atoms with Crippen LogP contribution in [0.4, 0.5) is 0 Å². The first kappa shape index (κ1) is 8.48. The summed E-state index contributed by atoms with van der Waals surface area (Å²) in [5.41, 5.74) is 0. The average molecular weight is 171 g/mol. The van der Waals surface area contributed by atoms with Crippen molar-refractivity contribution in [3.63, 3.8) is 0 Å². The molecule has 3 atom stereocenters. The molecule has 1 aliphatic heterocycles. The van der Waals surface area contributed by atoms with Crippen molar-refractivity contribution in [2.45, 2.75) is 37.5 Å². The molecule has 1 heterocycles. The monoisotopic (exact) mass is 171 g/mol. The van der Waals surface area contributed by atoms with Gasteiger partial charge in [-0.1, -0.05) is 0 Å². The van der Waals surface area contributed by atoms with Gasteiger partial charge in [0.2, 0.25) is 0 Å². The van der Waals surface area contributed by atoms with Gasteiger partial charge in [0.05, 0.1) is 18.8 Å². The molecule has 0 aromatic carbocycles. The number of ether oxygens (including phenoxy) is 2. The molecule has 0 aromatic rings. The van der Waals surface area contributed by atoms with Crippen LogP contribution >= 0.6 is 0 Å². The summed E-state index contributed by atoms with van der Waals surface area (Å²) >= 11 is 0. The van der Waals surface area contributed by atoms with Crippen molar-refractivity contribution in [2.75, 3.05) is 20.3 Å². The van der Waals surface area contributed by atoms with Gasteiger partial charge < -0.3 is 14.8 Å². The zero-order chi connectivity index (χ0) is 8.39. The number of nitrogens with one attached hydrogen (secondary N) is 1. The van der Waals surface area contributed by atoms with Gasteiger partial charge in [-0.05, 0) is 19.3 Å². The Morgan fingerprint density at radius 3 is 3.17 bits per heavy atom.